The number of halogens is 4. The third-order valence-electron chi connectivity index (χ3n) is 6.84. The Morgan fingerprint density at radius 1 is 0.805 bits per heavy atom. The van der Waals surface area contributed by atoms with Gasteiger partial charge in [0, 0.05) is 5.56 Å². The molecule has 8 nitrogen and oxygen atoms in total. The van der Waals surface area contributed by atoms with Gasteiger partial charge in [-0.3, -0.25) is 9.59 Å². The lowest BCUT2D eigenvalue weighted by molar-refractivity contribution is -0.159. The van der Waals surface area contributed by atoms with Crippen LogP contribution in [-0.2, 0) is 14.3 Å². The summed E-state index contributed by atoms with van der Waals surface area (Å²) in [6.07, 6.45) is -9.18. The molecule has 4 N–H and O–H groups in total. The molecule has 2 aromatic carbocycles. The Labute approximate surface area is 235 Å². The summed E-state index contributed by atoms with van der Waals surface area (Å²) in [5, 5.41) is 18.6. The highest BCUT2D eigenvalue weighted by Crippen LogP contribution is 2.36. The molecule has 2 rings (SSSR count). The van der Waals surface area contributed by atoms with Gasteiger partial charge in [-0.2, -0.15) is 10.5 Å². The molecule has 0 spiro atoms. The summed E-state index contributed by atoms with van der Waals surface area (Å²) in [7, 11) is 0. The van der Waals surface area contributed by atoms with Crippen LogP contribution in [0.5, 0.6) is 5.75 Å². The predicted molar refractivity (Wildman–Crippen MR) is 140 cm³/mol. The summed E-state index contributed by atoms with van der Waals surface area (Å²) in [5.74, 6) is -7.11. The van der Waals surface area contributed by atoms with Gasteiger partial charge in [0.1, 0.15) is 28.7 Å². The van der Waals surface area contributed by atoms with E-state index in [1.165, 1.54) is 50.2 Å². The Morgan fingerprint density at radius 3 is 1.73 bits per heavy atom. The first-order valence-electron chi connectivity index (χ1n) is 12.9. The topological polar surface area (TPSA) is 152 Å². The van der Waals surface area contributed by atoms with Crippen LogP contribution in [0.25, 0.3) is 0 Å². The van der Waals surface area contributed by atoms with Crippen LogP contribution < -0.4 is 16.2 Å². The molecule has 0 aromatic heterocycles. The number of nitrogens with zero attached hydrogens (tertiary/aromatic N) is 2. The van der Waals surface area contributed by atoms with Gasteiger partial charge in [0.25, 0.3) is 12.9 Å². The lowest BCUT2D eigenvalue weighted by Crippen LogP contribution is -2.43. The van der Waals surface area contributed by atoms with E-state index in [2.05, 4.69) is 0 Å². The monoisotopic (exact) mass is 576 g/mol. The second kappa shape index (κ2) is 14.6. The largest absolute Gasteiger partial charge is 0.452 e. The fourth-order valence-electron chi connectivity index (χ4n) is 3.99. The SMILES string of the molecule is CCC(N)(C#N)CC(C(=O)Oc1ccccc1C(OC(=O)C(CC(N)(C#N)CC)C(F)F)c1ccccc1)C(F)F. The van der Waals surface area contributed by atoms with Gasteiger partial charge < -0.3 is 20.9 Å². The minimum absolute atomic E-state index is 0.000120. The van der Waals surface area contributed by atoms with Crippen LogP contribution in [0.4, 0.5) is 17.6 Å². The molecule has 0 aliphatic carbocycles. The number of nitrogens with two attached hydrogens (primary N) is 2. The maximum absolute atomic E-state index is 14.0. The van der Waals surface area contributed by atoms with Crippen molar-refractivity contribution in [2.24, 2.45) is 23.3 Å². The molecule has 0 bridgehead atoms. The van der Waals surface area contributed by atoms with Crippen molar-refractivity contribution in [3.8, 4) is 17.9 Å². The summed E-state index contributed by atoms with van der Waals surface area (Å²) in [5.41, 5.74) is 8.61. The van der Waals surface area contributed by atoms with Crippen LogP contribution in [0.2, 0.25) is 0 Å². The van der Waals surface area contributed by atoms with Gasteiger partial charge >= 0.3 is 11.9 Å². The van der Waals surface area contributed by atoms with Gasteiger partial charge in [0.2, 0.25) is 0 Å². The van der Waals surface area contributed by atoms with Crippen LogP contribution in [0.15, 0.2) is 54.6 Å². The third kappa shape index (κ3) is 8.74. The molecule has 5 atom stereocenters. The Morgan fingerprint density at radius 2 is 1.27 bits per heavy atom. The Bertz CT molecular complexity index is 1270. The number of hydrogen-bond acceptors (Lipinski definition) is 8. The van der Waals surface area contributed by atoms with E-state index in [-0.39, 0.29) is 24.2 Å². The molecule has 220 valence electrons. The molecule has 2 aromatic rings. The van der Waals surface area contributed by atoms with E-state index < -0.39 is 66.6 Å². The molecule has 5 unspecified atom stereocenters. The average molecular weight is 577 g/mol. The second-order valence-electron chi connectivity index (χ2n) is 9.72. The summed E-state index contributed by atoms with van der Waals surface area (Å²) in [6.45, 7) is 3.04. The Kier molecular flexibility index (Phi) is 11.8. The molecule has 0 fully saturated rings. The molecule has 41 heavy (non-hydrogen) atoms. The molecule has 0 saturated heterocycles. The van der Waals surface area contributed by atoms with E-state index in [9.17, 15) is 37.7 Å². The van der Waals surface area contributed by atoms with E-state index in [1.54, 1.807) is 30.3 Å². The van der Waals surface area contributed by atoms with Crippen molar-refractivity contribution >= 4 is 11.9 Å². The maximum Gasteiger partial charge on any atom is 0.320 e. The van der Waals surface area contributed by atoms with Crippen molar-refractivity contribution in [1.29, 1.82) is 10.5 Å². The highest BCUT2D eigenvalue weighted by Gasteiger charge is 2.41. The second-order valence-corrected chi connectivity index (χ2v) is 9.72. The number of para-hydroxylation sites is 1. The highest BCUT2D eigenvalue weighted by atomic mass is 19.3. The standard InChI is InChI=1S/C29H32F4N4O4/c1-3-28(36,16-34)14-20(24(30)31)26(38)40-22-13-9-8-12-19(22)23(18-10-6-5-7-11-18)41-27(39)21(25(32)33)15-29(37,4-2)17-35/h5-13,20-21,23-25H,3-4,14-15,36-37H2,1-2H3. The molecule has 0 heterocycles. The summed E-state index contributed by atoms with van der Waals surface area (Å²) in [6, 6.07) is 16.9. The summed E-state index contributed by atoms with van der Waals surface area (Å²) < 4.78 is 66.6. The molecule has 12 heteroatoms. The number of esters is 2. The molecular weight excluding hydrogens is 544 g/mol. The first-order valence-corrected chi connectivity index (χ1v) is 12.9. The van der Waals surface area contributed by atoms with Crippen molar-refractivity contribution < 1.29 is 36.6 Å². The number of benzene rings is 2. The van der Waals surface area contributed by atoms with Crippen molar-refractivity contribution in [3.63, 3.8) is 0 Å². The first-order chi connectivity index (χ1) is 19.3. The lowest BCUT2D eigenvalue weighted by Gasteiger charge is -2.28. The highest BCUT2D eigenvalue weighted by molar-refractivity contribution is 5.77. The zero-order chi connectivity index (χ0) is 30.8. The van der Waals surface area contributed by atoms with Gasteiger partial charge in [0.15, 0.2) is 6.10 Å². The van der Waals surface area contributed by atoms with E-state index in [4.69, 9.17) is 20.9 Å². The average Bonchev–Trinajstić information content (AvgIpc) is 2.97. The lowest BCUT2D eigenvalue weighted by atomic mass is 9.87. The number of hydrogen-bond donors (Lipinski definition) is 2. The van der Waals surface area contributed by atoms with Crippen molar-refractivity contribution in [2.75, 3.05) is 0 Å². The third-order valence-corrected chi connectivity index (χ3v) is 6.84. The van der Waals surface area contributed by atoms with E-state index >= 15 is 0 Å². The smallest absolute Gasteiger partial charge is 0.320 e. The maximum atomic E-state index is 14.0. The van der Waals surface area contributed by atoms with Crippen molar-refractivity contribution in [3.05, 3.63) is 65.7 Å². The summed E-state index contributed by atoms with van der Waals surface area (Å²) in [4.78, 5) is 26.0. The molecule has 0 saturated carbocycles. The van der Waals surface area contributed by atoms with Gasteiger partial charge in [-0.1, -0.05) is 62.4 Å². The van der Waals surface area contributed by atoms with Crippen molar-refractivity contribution in [2.45, 2.75) is 69.6 Å². The van der Waals surface area contributed by atoms with E-state index in [0.717, 1.165) is 0 Å². The van der Waals surface area contributed by atoms with Gasteiger partial charge in [0.05, 0.1) is 12.1 Å². The number of carbonyl (C=O) groups excluding carboxylic acids is 2. The van der Waals surface area contributed by atoms with Crippen LogP contribution in [0.1, 0.15) is 56.8 Å². The van der Waals surface area contributed by atoms with Crippen LogP contribution in [-0.4, -0.2) is 35.9 Å². The first kappa shape index (κ1) is 33.2. The fourth-order valence-corrected chi connectivity index (χ4v) is 3.99. The molecule has 0 amide bonds. The van der Waals surface area contributed by atoms with Crippen LogP contribution in [0, 0.1) is 34.5 Å². The number of rotatable bonds is 14. The number of carbonyl (C=O) groups is 2. The van der Waals surface area contributed by atoms with Gasteiger partial charge in [-0.05, 0) is 37.3 Å². The fraction of sp³-hybridized carbons (Fsp3) is 0.448. The van der Waals surface area contributed by atoms with Crippen LogP contribution >= 0.6 is 0 Å². The van der Waals surface area contributed by atoms with Gasteiger partial charge in [-0.25, -0.2) is 17.6 Å². The molecular formula is C29H32F4N4O4. The minimum Gasteiger partial charge on any atom is -0.452 e. The minimum atomic E-state index is -3.21. The number of ether oxygens (including phenoxy) is 2. The Hall–Kier alpha value is -4.00. The normalized spacial score (nSPS) is 16.4. The zero-order valence-corrected chi connectivity index (χ0v) is 22.6. The number of nitriles is 2. The van der Waals surface area contributed by atoms with E-state index in [0.29, 0.717) is 5.56 Å². The number of alkyl halides is 4. The quantitative estimate of drug-likeness (QED) is 0.180. The van der Waals surface area contributed by atoms with E-state index in [1.807, 2.05) is 0 Å². The van der Waals surface area contributed by atoms with Crippen molar-refractivity contribution in [1.82, 2.24) is 0 Å². The Balaban J connectivity index is 2.49. The predicted octanol–water partition coefficient (Wildman–Crippen LogP) is 5.03. The van der Waals surface area contributed by atoms with Gasteiger partial charge in [-0.15, -0.1) is 0 Å². The molecule has 0 radical (unpaired) electrons. The zero-order valence-electron chi connectivity index (χ0n) is 22.6. The molecule has 0 aliphatic rings. The summed E-state index contributed by atoms with van der Waals surface area (Å²) >= 11 is 0. The molecule has 0 aliphatic heterocycles. The van der Waals surface area contributed by atoms with Crippen LogP contribution in [0.3, 0.4) is 0 Å².